The highest BCUT2D eigenvalue weighted by atomic mass is 35.5. The summed E-state index contributed by atoms with van der Waals surface area (Å²) < 4.78 is 19.6. The molecule has 3 aromatic rings. The summed E-state index contributed by atoms with van der Waals surface area (Å²) in [4.78, 5) is 28.8. The minimum absolute atomic E-state index is 0.00146. The number of aromatic nitrogens is 4. The molecule has 0 bridgehead atoms. The first-order chi connectivity index (χ1) is 19.4. The number of benzene rings is 1. The molecule has 5 rings (SSSR count). The lowest BCUT2D eigenvalue weighted by Gasteiger charge is -2.35. The molecule has 1 aromatic carbocycles. The molecule has 3 N–H and O–H groups in total. The fourth-order valence-electron chi connectivity index (χ4n) is 5.01. The van der Waals surface area contributed by atoms with Crippen molar-refractivity contribution in [1.82, 2.24) is 30.0 Å². The number of carbonyl (C=O) groups excluding carboxylic acids is 1. The van der Waals surface area contributed by atoms with E-state index in [0.717, 1.165) is 50.8 Å². The standard InChI is InChI=1S/C27H35ClFN9O2/c1-18-16-23(35-34-18)31-22-17-24(37-12-10-36(11-13-37)14-15-40-2)33-27(32-22)30-19-6-8-38(9-7-19)26(39)20-4-3-5-21(28)25(20)29/h3-5,16-17,19H,6-15H2,1-2H3,(H3,30,31,32,33,34,35). The van der Waals surface area contributed by atoms with Crippen LogP contribution in [0.4, 0.5) is 27.8 Å². The second-order valence-corrected chi connectivity index (χ2v) is 10.5. The molecule has 4 heterocycles. The van der Waals surface area contributed by atoms with Crippen LogP contribution in [0, 0.1) is 12.7 Å². The second kappa shape index (κ2) is 12.8. The number of piperazine rings is 1. The summed E-state index contributed by atoms with van der Waals surface area (Å²) in [6.07, 6.45) is 1.36. The SMILES string of the molecule is COCCN1CCN(c2cc(Nc3cc(C)[nH]n3)nc(NC3CCN(C(=O)c4cccc(Cl)c4F)CC3)n2)CC1. The lowest BCUT2D eigenvalue weighted by molar-refractivity contribution is 0.0713. The number of nitrogens with one attached hydrogen (secondary N) is 3. The molecular weight excluding hydrogens is 537 g/mol. The maximum Gasteiger partial charge on any atom is 0.256 e. The summed E-state index contributed by atoms with van der Waals surface area (Å²) in [5.74, 6) is 1.65. The molecule has 1 amide bonds. The maximum absolute atomic E-state index is 14.4. The number of hydrogen-bond donors (Lipinski definition) is 3. The Bertz CT molecular complexity index is 1310. The first-order valence-electron chi connectivity index (χ1n) is 13.5. The van der Waals surface area contributed by atoms with Gasteiger partial charge in [-0.15, -0.1) is 0 Å². The normalized spacial score (nSPS) is 16.8. The summed E-state index contributed by atoms with van der Waals surface area (Å²) in [5.41, 5.74) is 0.947. The zero-order valence-electron chi connectivity index (χ0n) is 22.8. The highest BCUT2D eigenvalue weighted by Crippen LogP contribution is 2.25. The van der Waals surface area contributed by atoms with E-state index in [0.29, 0.717) is 43.5 Å². The quantitative estimate of drug-likeness (QED) is 0.355. The van der Waals surface area contributed by atoms with E-state index in [-0.39, 0.29) is 22.5 Å². The van der Waals surface area contributed by atoms with Crippen molar-refractivity contribution in [2.75, 3.05) is 75.1 Å². The number of halogens is 2. The average Bonchev–Trinajstić information content (AvgIpc) is 3.37. The molecule has 13 heteroatoms. The molecule has 2 aliphatic rings. The Kier molecular flexibility index (Phi) is 8.98. The van der Waals surface area contributed by atoms with Gasteiger partial charge in [-0.05, 0) is 31.9 Å². The number of methoxy groups -OCH3 is 1. The molecule has 0 unspecified atom stereocenters. The van der Waals surface area contributed by atoms with Crippen molar-refractivity contribution in [1.29, 1.82) is 0 Å². The van der Waals surface area contributed by atoms with Crippen LogP contribution in [0.5, 0.6) is 0 Å². The van der Waals surface area contributed by atoms with Crippen molar-refractivity contribution in [3.05, 3.63) is 52.4 Å². The van der Waals surface area contributed by atoms with Gasteiger partial charge in [-0.2, -0.15) is 15.1 Å². The number of carbonyl (C=O) groups is 1. The Hall–Kier alpha value is -3.48. The van der Waals surface area contributed by atoms with Gasteiger partial charge in [-0.25, -0.2) is 4.39 Å². The summed E-state index contributed by atoms with van der Waals surface area (Å²) >= 11 is 5.88. The predicted molar refractivity (Wildman–Crippen MR) is 153 cm³/mol. The maximum atomic E-state index is 14.4. The van der Waals surface area contributed by atoms with Crippen LogP contribution in [0.1, 0.15) is 28.9 Å². The van der Waals surface area contributed by atoms with Crippen LogP contribution < -0.4 is 15.5 Å². The molecule has 0 atom stereocenters. The average molecular weight is 572 g/mol. The van der Waals surface area contributed by atoms with E-state index < -0.39 is 5.82 Å². The van der Waals surface area contributed by atoms with Gasteiger partial charge in [-0.1, -0.05) is 17.7 Å². The Balaban J connectivity index is 1.26. The number of rotatable bonds is 9. The second-order valence-electron chi connectivity index (χ2n) is 10.1. The van der Waals surface area contributed by atoms with Crippen LogP contribution in [-0.2, 0) is 4.74 Å². The molecule has 0 spiro atoms. The molecule has 2 fully saturated rings. The number of aromatic amines is 1. The van der Waals surface area contributed by atoms with Crippen LogP contribution in [-0.4, -0.2) is 101 Å². The molecule has 11 nitrogen and oxygen atoms in total. The summed E-state index contributed by atoms with van der Waals surface area (Å²) in [6.45, 7) is 8.11. The summed E-state index contributed by atoms with van der Waals surface area (Å²) in [6, 6.07) is 8.43. The number of aryl methyl sites for hydroxylation is 1. The van der Waals surface area contributed by atoms with E-state index >= 15 is 0 Å². The molecule has 0 radical (unpaired) electrons. The van der Waals surface area contributed by atoms with Crippen molar-refractivity contribution < 1.29 is 13.9 Å². The fraction of sp³-hybridized carbons (Fsp3) is 0.481. The van der Waals surface area contributed by atoms with E-state index in [1.807, 2.05) is 19.1 Å². The largest absolute Gasteiger partial charge is 0.383 e. The first-order valence-corrected chi connectivity index (χ1v) is 13.9. The van der Waals surface area contributed by atoms with E-state index in [1.165, 1.54) is 12.1 Å². The van der Waals surface area contributed by atoms with Gasteiger partial charge in [-0.3, -0.25) is 14.8 Å². The van der Waals surface area contributed by atoms with Crippen molar-refractivity contribution in [2.24, 2.45) is 0 Å². The van der Waals surface area contributed by atoms with E-state index in [1.54, 1.807) is 18.1 Å². The van der Waals surface area contributed by atoms with Gasteiger partial charge in [0.25, 0.3) is 5.91 Å². The van der Waals surface area contributed by atoms with Gasteiger partial charge in [0.1, 0.15) is 11.6 Å². The lowest BCUT2D eigenvalue weighted by Crippen LogP contribution is -2.47. The summed E-state index contributed by atoms with van der Waals surface area (Å²) in [7, 11) is 1.72. The van der Waals surface area contributed by atoms with Gasteiger partial charge in [0, 0.05) is 76.8 Å². The third-order valence-corrected chi connectivity index (χ3v) is 7.57. The van der Waals surface area contributed by atoms with Crippen LogP contribution in [0.25, 0.3) is 0 Å². The number of piperidine rings is 1. The number of ether oxygens (including phenoxy) is 1. The molecular formula is C27H35ClFN9O2. The third kappa shape index (κ3) is 6.80. The number of nitrogens with zero attached hydrogens (tertiary/aromatic N) is 6. The van der Waals surface area contributed by atoms with Crippen molar-refractivity contribution in [3.8, 4) is 0 Å². The van der Waals surface area contributed by atoms with Crippen molar-refractivity contribution in [3.63, 3.8) is 0 Å². The molecule has 214 valence electrons. The van der Waals surface area contributed by atoms with Gasteiger partial charge >= 0.3 is 0 Å². The number of likely N-dealkylation sites (tertiary alicyclic amines) is 1. The molecule has 40 heavy (non-hydrogen) atoms. The van der Waals surface area contributed by atoms with Crippen LogP contribution in [0.2, 0.25) is 5.02 Å². The Morgan fingerprint density at radius 3 is 2.60 bits per heavy atom. The van der Waals surface area contributed by atoms with Crippen LogP contribution in [0.15, 0.2) is 30.3 Å². The highest BCUT2D eigenvalue weighted by Gasteiger charge is 2.27. The Morgan fingerprint density at radius 2 is 1.90 bits per heavy atom. The number of anilines is 4. The zero-order chi connectivity index (χ0) is 28.1. The molecule has 2 aromatic heterocycles. The number of hydrogen-bond acceptors (Lipinski definition) is 9. The Labute approximate surface area is 238 Å². The minimum Gasteiger partial charge on any atom is -0.383 e. The fourth-order valence-corrected chi connectivity index (χ4v) is 5.18. The minimum atomic E-state index is -0.675. The summed E-state index contributed by atoms with van der Waals surface area (Å²) in [5, 5.41) is 13.9. The molecule has 0 aliphatic carbocycles. The lowest BCUT2D eigenvalue weighted by atomic mass is 10.0. The van der Waals surface area contributed by atoms with Gasteiger partial charge in [0.2, 0.25) is 5.95 Å². The van der Waals surface area contributed by atoms with E-state index in [2.05, 4.69) is 30.6 Å². The molecule has 2 aliphatic heterocycles. The monoisotopic (exact) mass is 571 g/mol. The third-order valence-electron chi connectivity index (χ3n) is 7.28. The number of H-pyrrole nitrogens is 1. The highest BCUT2D eigenvalue weighted by molar-refractivity contribution is 6.31. The van der Waals surface area contributed by atoms with Crippen molar-refractivity contribution in [2.45, 2.75) is 25.8 Å². The topological polar surface area (TPSA) is 115 Å². The zero-order valence-corrected chi connectivity index (χ0v) is 23.5. The van der Waals surface area contributed by atoms with Crippen LogP contribution in [0.3, 0.4) is 0 Å². The Morgan fingerprint density at radius 1 is 1.12 bits per heavy atom. The smallest absolute Gasteiger partial charge is 0.256 e. The predicted octanol–water partition coefficient (Wildman–Crippen LogP) is 3.53. The van der Waals surface area contributed by atoms with Crippen molar-refractivity contribution >= 4 is 40.9 Å². The van der Waals surface area contributed by atoms with Gasteiger partial charge in [0.05, 0.1) is 17.2 Å². The van der Waals surface area contributed by atoms with E-state index in [9.17, 15) is 9.18 Å². The number of amides is 1. The van der Waals surface area contributed by atoms with Gasteiger partial charge in [0.15, 0.2) is 11.6 Å². The molecule has 2 saturated heterocycles. The van der Waals surface area contributed by atoms with Gasteiger partial charge < -0.3 is 25.2 Å². The van der Waals surface area contributed by atoms with E-state index in [4.69, 9.17) is 26.3 Å². The first kappa shape index (κ1) is 28.1. The molecule has 0 saturated carbocycles. The van der Waals surface area contributed by atoms with Crippen LogP contribution >= 0.6 is 11.6 Å².